The van der Waals surface area contributed by atoms with E-state index in [1.807, 2.05) is 12.1 Å². The molecule has 9 heteroatoms. The first-order valence-electron chi connectivity index (χ1n) is 11.9. The molecule has 2 saturated heterocycles. The van der Waals surface area contributed by atoms with Crippen molar-refractivity contribution in [2.45, 2.75) is 0 Å². The highest BCUT2D eigenvalue weighted by molar-refractivity contribution is 6.03. The Hall–Kier alpha value is -3.53. The van der Waals surface area contributed by atoms with Crippen LogP contribution in [0.5, 0.6) is 0 Å². The van der Waals surface area contributed by atoms with E-state index in [1.165, 1.54) is 11.0 Å². The number of hydrogen-bond donors (Lipinski definition) is 2. The Kier molecular flexibility index (Phi) is 6.63. The Morgan fingerprint density at radius 1 is 0.971 bits per heavy atom. The molecule has 2 fully saturated rings. The predicted octanol–water partition coefficient (Wildman–Crippen LogP) is 0.980. The Bertz CT molecular complexity index is 1290. The molecular formula is C26H29N4O5+. The quantitative estimate of drug-likeness (QED) is 0.582. The van der Waals surface area contributed by atoms with Crippen molar-refractivity contribution >= 4 is 34.2 Å². The van der Waals surface area contributed by atoms with Crippen molar-refractivity contribution in [3.63, 3.8) is 0 Å². The van der Waals surface area contributed by atoms with Crippen LogP contribution in [-0.4, -0.2) is 81.1 Å². The van der Waals surface area contributed by atoms with Crippen LogP contribution in [-0.2, 0) is 4.74 Å². The lowest BCUT2D eigenvalue weighted by molar-refractivity contribution is -0.837. The number of nitrogens with one attached hydrogen (secondary N) is 2. The number of morpholine rings is 1. The summed E-state index contributed by atoms with van der Waals surface area (Å²) in [6.07, 6.45) is 0. The van der Waals surface area contributed by atoms with Gasteiger partial charge >= 0.3 is 0 Å². The fourth-order valence-corrected chi connectivity index (χ4v) is 4.56. The van der Waals surface area contributed by atoms with Gasteiger partial charge in [0.2, 0.25) is 0 Å². The molecule has 2 aliphatic rings. The fraction of sp³-hybridized carbons (Fsp3) is 0.346. The average molecular weight is 478 g/mol. The van der Waals surface area contributed by atoms with Crippen LogP contribution in [0.3, 0.4) is 0 Å². The molecule has 5 rings (SSSR count). The molecule has 0 spiro atoms. The van der Waals surface area contributed by atoms with Gasteiger partial charge in [-0.25, -0.2) is 0 Å². The Balaban J connectivity index is 1.35. The summed E-state index contributed by atoms with van der Waals surface area (Å²) in [6, 6.07) is 13.5. The van der Waals surface area contributed by atoms with Crippen LogP contribution < -0.4 is 15.6 Å². The minimum atomic E-state index is -0.514. The second-order valence-electron chi connectivity index (χ2n) is 9.00. The van der Waals surface area contributed by atoms with Crippen LogP contribution in [0.15, 0.2) is 57.7 Å². The van der Waals surface area contributed by atoms with Crippen molar-refractivity contribution in [3.8, 4) is 0 Å². The minimum Gasteiger partial charge on any atom is -0.444 e. The number of likely N-dealkylation sites (N-methyl/N-ethyl adjacent to an activating group) is 1. The van der Waals surface area contributed by atoms with Crippen molar-refractivity contribution in [1.82, 2.24) is 9.80 Å². The predicted molar refractivity (Wildman–Crippen MR) is 131 cm³/mol. The third-order valence-electron chi connectivity index (χ3n) is 6.64. The number of hydrogen-bond acceptors (Lipinski definition) is 6. The number of carbonyl (C=O) groups is 2. The number of amides is 2. The zero-order valence-electron chi connectivity index (χ0n) is 19.7. The lowest BCUT2D eigenvalue weighted by Crippen LogP contribution is -3.10. The summed E-state index contributed by atoms with van der Waals surface area (Å²) in [5.74, 6) is -0.623. The summed E-state index contributed by atoms with van der Waals surface area (Å²) in [6.45, 7) is 5.88. The van der Waals surface area contributed by atoms with Gasteiger partial charge in [0.15, 0.2) is 22.5 Å². The van der Waals surface area contributed by atoms with Gasteiger partial charge in [0.25, 0.3) is 11.8 Å². The molecule has 0 bridgehead atoms. The first-order chi connectivity index (χ1) is 17.0. The molecule has 2 aromatic carbocycles. The van der Waals surface area contributed by atoms with E-state index in [4.69, 9.17) is 9.15 Å². The standard InChI is InChI=1S/C26H28N4O5/c1-28-9-11-29(12-10-28)21-4-2-3-20-22(31)17-23(35-24(20)21)25(32)27-19-7-5-18(6-8-19)26(33)30-13-15-34-16-14-30/h2-8,17H,9-16H2,1H3,(H,27,32)/p+1. The van der Waals surface area contributed by atoms with Crippen LogP contribution in [0.2, 0.25) is 0 Å². The van der Waals surface area contributed by atoms with Crippen LogP contribution in [0, 0.1) is 0 Å². The second kappa shape index (κ2) is 9.99. The fourth-order valence-electron chi connectivity index (χ4n) is 4.56. The van der Waals surface area contributed by atoms with Crippen LogP contribution in [0.1, 0.15) is 20.9 Å². The molecule has 0 atom stereocenters. The summed E-state index contributed by atoms with van der Waals surface area (Å²) in [7, 11) is 2.09. The Labute approximate surface area is 202 Å². The monoisotopic (exact) mass is 477 g/mol. The van der Waals surface area contributed by atoms with Crippen LogP contribution >= 0.6 is 0 Å². The third-order valence-corrected chi connectivity index (χ3v) is 6.64. The van der Waals surface area contributed by atoms with Crippen LogP contribution in [0.4, 0.5) is 11.4 Å². The SMILES string of the molecule is CN1CC[NH+](c2cccc3c(=O)cc(C(=O)Nc4ccc(C(=O)N5CCOCC5)cc4)oc23)CC1. The molecule has 9 nitrogen and oxygen atoms in total. The van der Waals surface area contributed by atoms with Gasteiger partial charge in [-0.1, -0.05) is 6.07 Å². The maximum Gasteiger partial charge on any atom is 0.291 e. The molecule has 1 aromatic heterocycles. The van der Waals surface area contributed by atoms with E-state index in [9.17, 15) is 14.4 Å². The number of anilines is 1. The normalized spacial score (nSPS) is 17.5. The molecule has 0 saturated carbocycles. The summed E-state index contributed by atoms with van der Waals surface area (Å²) < 4.78 is 11.3. The molecule has 0 radical (unpaired) electrons. The zero-order chi connectivity index (χ0) is 24.4. The highest BCUT2D eigenvalue weighted by Gasteiger charge is 2.24. The molecule has 2 N–H and O–H groups in total. The van der Waals surface area contributed by atoms with Gasteiger partial charge in [-0.15, -0.1) is 0 Å². The number of fused-ring (bicyclic) bond motifs is 1. The molecular weight excluding hydrogens is 448 g/mol. The lowest BCUT2D eigenvalue weighted by atomic mass is 10.1. The number of para-hydroxylation sites is 1. The van der Waals surface area contributed by atoms with Crippen molar-refractivity contribution in [1.29, 1.82) is 0 Å². The van der Waals surface area contributed by atoms with E-state index in [0.29, 0.717) is 48.5 Å². The molecule has 0 aliphatic carbocycles. The van der Waals surface area contributed by atoms with Crippen molar-refractivity contribution < 1.29 is 23.6 Å². The van der Waals surface area contributed by atoms with Gasteiger partial charge in [-0.05, 0) is 37.4 Å². The van der Waals surface area contributed by atoms with Gasteiger partial charge in [-0.2, -0.15) is 0 Å². The van der Waals surface area contributed by atoms with Crippen molar-refractivity contribution in [3.05, 3.63) is 70.1 Å². The van der Waals surface area contributed by atoms with Gasteiger partial charge in [0.05, 0.1) is 31.7 Å². The van der Waals surface area contributed by atoms with E-state index in [1.54, 1.807) is 35.2 Å². The molecule has 2 amide bonds. The lowest BCUT2D eigenvalue weighted by Gasteiger charge is -2.29. The molecule has 3 heterocycles. The minimum absolute atomic E-state index is 0.0445. The largest absolute Gasteiger partial charge is 0.444 e. The van der Waals surface area contributed by atoms with Gasteiger partial charge in [0, 0.05) is 49.6 Å². The first-order valence-corrected chi connectivity index (χ1v) is 11.9. The highest BCUT2D eigenvalue weighted by Crippen LogP contribution is 2.21. The molecule has 0 unspecified atom stereocenters. The molecule has 3 aromatic rings. The maximum atomic E-state index is 13.0. The average Bonchev–Trinajstić information content (AvgIpc) is 2.89. The number of piperazine rings is 1. The zero-order valence-corrected chi connectivity index (χ0v) is 19.7. The van der Waals surface area contributed by atoms with E-state index < -0.39 is 5.91 Å². The van der Waals surface area contributed by atoms with Gasteiger partial charge in [0.1, 0.15) is 0 Å². The first kappa shape index (κ1) is 23.2. The summed E-state index contributed by atoms with van der Waals surface area (Å²) >= 11 is 0. The van der Waals surface area contributed by atoms with Crippen molar-refractivity contribution in [2.24, 2.45) is 0 Å². The molecule has 2 aliphatic heterocycles. The molecule has 182 valence electrons. The Morgan fingerprint density at radius 2 is 1.69 bits per heavy atom. The van der Waals surface area contributed by atoms with E-state index in [0.717, 1.165) is 31.9 Å². The third kappa shape index (κ3) is 4.97. The number of ether oxygens (including phenoxy) is 1. The van der Waals surface area contributed by atoms with E-state index in [-0.39, 0.29) is 17.1 Å². The smallest absolute Gasteiger partial charge is 0.291 e. The molecule has 35 heavy (non-hydrogen) atoms. The topological polar surface area (TPSA) is 96.5 Å². The highest BCUT2D eigenvalue weighted by atomic mass is 16.5. The van der Waals surface area contributed by atoms with Crippen LogP contribution in [0.25, 0.3) is 11.0 Å². The second-order valence-corrected chi connectivity index (χ2v) is 9.00. The summed E-state index contributed by atoms with van der Waals surface area (Å²) in [5, 5.41) is 3.24. The van der Waals surface area contributed by atoms with Gasteiger partial charge < -0.3 is 19.4 Å². The number of nitrogens with zero attached hydrogens (tertiary/aromatic N) is 2. The number of rotatable bonds is 4. The van der Waals surface area contributed by atoms with Gasteiger partial charge in [-0.3, -0.25) is 24.2 Å². The van der Waals surface area contributed by atoms with E-state index >= 15 is 0 Å². The number of carbonyl (C=O) groups excluding carboxylic acids is 2. The summed E-state index contributed by atoms with van der Waals surface area (Å²) in [4.78, 5) is 43.6. The van der Waals surface area contributed by atoms with Crippen molar-refractivity contribution in [2.75, 3.05) is 64.8 Å². The number of quaternary nitrogens is 1. The Morgan fingerprint density at radius 3 is 2.40 bits per heavy atom. The van der Waals surface area contributed by atoms with E-state index in [2.05, 4.69) is 17.3 Å². The number of benzene rings is 2. The maximum absolute atomic E-state index is 13.0. The summed E-state index contributed by atoms with van der Waals surface area (Å²) in [5.41, 5.74) is 2.15.